The minimum atomic E-state index is -0.112. The van der Waals surface area contributed by atoms with Gasteiger partial charge in [0.2, 0.25) is 0 Å². The maximum Gasteiger partial charge on any atom is 0.266 e. The standard InChI is InChI=1S/C21H21NO3S2/c1-4-25-17-11-10-15(12-18(17)24-3)13-19-20(23)22(21(26)27-19)14(2)16-8-6-5-7-9-16/h5-14H,4H2,1-3H3/b19-13-/t14-/m1/s1. The van der Waals surface area contributed by atoms with E-state index in [1.807, 2.05) is 68.5 Å². The molecule has 140 valence electrons. The predicted octanol–water partition coefficient (Wildman–Crippen LogP) is 5.06. The molecular weight excluding hydrogens is 378 g/mol. The molecule has 1 atom stereocenters. The third kappa shape index (κ3) is 4.17. The van der Waals surface area contributed by atoms with Crippen molar-refractivity contribution in [3.8, 4) is 11.5 Å². The first kappa shape index (κ1) is 19.5. The van der Waals surface area contributed by atoms with Gasteiger partial charge in [-0.15, -0.1) is 0 Å². The summed E-state index contributed by atoms with van der Waals surface area (Å²) >= 11 is 6.80. The average Bonchev–Trinajstić information content (AvgIpc) is 2.96. The molecule has 0 aromatic heterocycles. The number of carbonyl (C=O) groups is 1. The fourth-order valence-corrected chi connectivity index (χ4v) is 4.31. The highest BCUT2D eigenvalue weighted by Crippen LogP contribution is 2.38. The smallest absolute Gasteiger partial charge is 0.266 e. The van der Waals surface area contributed by atoms with Crippen LogP contribution in [0.3, 0.4) is 0 Å². The minimum Gasteiger partial charge on any atom is -0.493 e. The van der Waals surface area contributed by atoms with Gasteiger partial charge >= 0.3 is 0 Å². The van der Waals surface area contributed by atoms with Gasteiger partial charge in [-0.1, -0.05) is 60.4 Å². The van der Waals surface area contributed by atoms with Crippen molar-refractivity contribution in [2.45, 2.75) is 19.9 Å². The molecule has 1 aliphatic heterocycles. The first-order chi connectivity index (χ1) is 13.0. The van der Waals surface area contributed by atoms with Gasteiger partial charge in [0, 0.05) is 0 Å². The molecular formula is C21H21NO3S2. The van der Waals surface area contributed by atoms with Crippen molar-refractivity contribution in [2.24, 2.45) is 0 Å². The van der Waals surface area contributed by atoms with Crippen molar-refractivity contribution in [1.29, 1.82) is 0 Å². The van der Waals surface area contributed by atoms with Crippen molar-refractivity contribution in [3.63, 3.8) is 0 Å². The zero-order chi connectivity index (χ0) is 19.4. The summed E-state index contributed by atoms with van der Waals surface area (Å²) in [6, 6.07) is 15.4. The van der Waals surface area contributed by atoms with Crippen LogP contribution in [0.2, 0.25) is 0 Å². The molecule has 0 saturated carbocycles. The lowest BCUT2D eigenvalue weighted by Gasteiger charge is -2.23. The number of thiocarbonyl (C=S) groups is 1. The van der Waals surface area contributed by atoms with Gasteiger partial charge in [0.15, 0.2) is 11.5 Å². The summed E-state index contributed by atoms with van der Waals surface area (Å²) in [5.74, 6) is 1.25. The molecule has 27 heavy (non-hydrogen) atoms. The normalized spacial score (nSPS) is 16.7. The van der Waals surface area contributed by atoms with Crippen LogP contribution in [-0.2, 0) is 4.79 Å². The van der Waals surface area contributed by atoms with E-state index in [1.165, 1.54) is 11.8 Å². The van der Waals surface area contributed by atoms with E-state index in [1.54, 1.807) is 12.0 Å². The van der Waals surface area contributed by atoms with Crippen molar-refractivity contribution < 1.29 is 14.3 Å². The molecule has 3 rings (SSSR count). The summed E-state index contributed by atoms with van der Waals surface area (Å²) in [6.07, 6.45) is 1.84. The number of hydrogen-bond donors (Lipinski definition) is 0. The molecule has 6 heteroatoms. The maximum absolute atomic E-state index is 13.0. The van der Waals surface area contributed by atoms with Gasteiger partial charge < -0.3 is 9.47 Å². The van der Waals surface area contributed by atoms with E-state index in [9.17, 15) is 4.79 Å². The van der Waals surface area contributed by atoms with Gasteiger partial charge in [-0.3, -0.25) is 9.69 Å². The molecule has 1 saturated heterocycles. The number of methoxy groups -OCH3 is 1. The van der Waals surface area contributed by atoms with Crippen molar-refractivity contribution >= 4 is 40.3 Å². The number of rotatable bonds is 6. The van der Waals surface area contributed by atoms with Crippen LogP contribution in [0.15, 0.2) is 53.4 Å². The second kappa shape index (κ2) is 8.59. The Kier molecular flexibility index (Phi) is 6.19. The highest BCUT2D eigenvalue weighted by atomic mass is 32.2. The predicted molar refractivity (Wildman–Crippen MR) is 114 cm³/mol. The van der Waals surface area contributed by atoms with Crippen LogP contribution in [-0.4, -0.2) is 28.8 Å². The highest BCUT2D eigenvalue weighted by molar-refractivity contribution is 8.26. The molecule has 1 heterocycles. The van der Waals surface area contributed by atoms with E-state index in [4.69, 9.17) is 21.7 Å². The molecule has 1 fully saturated rings. The molecule has 2 aromatic rings. The summed E-state index contributed by atoms with van der Waals surface area (Å²) in [4.78, 5) is 15.2. The van der Waals surface area contributed by atoms with E-state index >= 15 is 0 Å². The second-order valence-corrected chi connectivity index (χ2v) is 7.66. The Hall–Kier alpha value is -2.31. The Balaban J connectivity index is 1.86. The summed E-state index contributed by atoms with van der Waals surface area (Å²) in [6.45, 7) is 4.47. The van der Waals surface area contributed by atoms with E-state index < -0.39 is 0 Å². The van der Waals surface area contributed by atoms with Gasteiger partial charge in [0.1, 0.15) is 4.32 Å². The topological polar surface area (TPSA) is 38.8 Å². The van der Waals surface area contributed by atoms with Crippen LogP contribution in [0.4, 0.5) is 0 Å². The van der Waals surface area contributed by atoms with Crippen molar-refractivity contribution in [2.75, 3.05) is 13.7 Å². The van der Waals surface area contributed by atoms with Crippen molar-refractivity contribution in [1.82, 2.24) is 4.90 Å². The van der Waals surface area contributed by atoms with Gasteiger partial charge in [-0.05, 0) is 43.2 Å². The molecule has 0 N–H and O–H groups in total. The molecule has 1 aliphatic rings. The zero-order valence-electron chi connectivity index (χ0n) is 15.5. The molecule has 1 amide bonds. The number of nitrogens with zero attached hydrogens (tertiary/aromatic N) is 1. The molecule has 0 spiro atoms. The van der Waals surface area contributed by atoms with Gasteiger partial charge in [-0.25, -0.2) is 0 Å². The lowest BCUT2D eigenvalue weighted by Crippen LogP contribution is -2.30. The molecule has 0 radical (unpaired) electrons. The molecule has 0 unspecified atom stereocenters. The Bertz CT molecular complexity index is 880. The summed E-state index contributed by atoms with van der Waals surface area (Å²) in [7, 11) is 1.60. The molecule has 2 aromatic carbocycles. The summed E-state index contributed by atoms with van der Waals surface area (Å²) in [5.41, 5.74) is 1.92. The Morgan fingerprint density at radius 3 is 2.59 bits per heavy atom. The first-order valence-corrected chi connectivity index (χ1v) is 9.90. The lowest BCUT2D eigenvalue weighted by molar-refractivity contribution is -0.123. The first-order valence-electron chi connectivity index (χ1n) is 8.68. The van der Waals surface area contributed by atoms with Gasteiger partial charge in [0.25, 0.3) is 5.91 Å². The van der Waals surface area contributed by atoms with Gasteiger partial charge in [-0.2, -0.15) is 0 Å². The highest BCUT2D eigenvalue weighted by Gasteiger charge is 2.35. The van der Waals surface area contributed by atoms with Crippen LogP contribution in [0.1, 0.15) is 31.0 Å². The number of hydrogen-bond acceptors (Lipinski definition) is 5. The Labute approximate surface area is 169 Å². The average molecular weight is 400 g/mol. The van der Waals surface area contributed by atoms with Crippen molar-refractivity contribution in [3.05, 3.63) is 64.6 Å². The van der Waals surface area contributed by atoms with Crippen LogP contribution in [0.25, 0.3) is 6.08 Å². The fraction of sp³-hybridized carbons (Fsp3) is 0.238. The van der Waals surface area contributed by atoms with Crippen LogP contribution < -0.4 is 9.47 Å². The Morgan fingerprint density at radius 1 is 1.19 bits per heavy atom. The number of thioether (sulfide) groups is 1. The van der Waals surface area contributed by atoms with Crippen LogP contribution in [0.5, 0.6) is 11.5 Å². The Morgan fingerprint density at radius 2 is 1.93 bits per heavy atom. The molecule has 0 aliphatic carbocycles. The van der Waals surface area contributed by atoms with E-state index in [2.05, 4.69) is 0 Å². The van der Waals surface area contributed by atoms with Gasteiger partial charge in [0.05, 0.1) is 24.7 Å². The second-order valence-electron chi connectivity index (χ2n) is 5.98. The summed E-state index contributed by atoms with van der Waals surface area (Å²) in [5, 5.41) is 0. The van der Waals surface area contributed by atoms with Crippen LogP contribution in [0, 0.1) is 0 Å². The van der Waals surface area contributed by atoms with Crippen LogP contribution >= 0.6 is 24.0 Å². The lowest BCUT2D eigenvalue weighted by atomic mass is 10.1. The summed E-state index contributed by atoms with van der Waals surface area (Å²) < 4.78 is 11.5. The minimum absolute atomic E-state index is 0.0748. The zero-order valence-corrected chi connectivity index (χ0v) is 17.1. The quantitative estimate of drug-likeness (QED) is 0.502. The fourth-order valence-electron chi connectivity index (χ4n) is 2.89. The third-order valence-corrected chi connectivity index (χ3v) is 5.61. The monoisotopic (exact) mass is 399 g/mol. The van der Waals surface area contributed by atoms with E-state index in [0.29, 0.717) is 27.3 Å². The van der Waals surface area contributed by atoms with E-state index in [0.717, 1.165) is 11.1 Å². The molecule has 4 nitrogen and oxygen atoms in total. The number of ether oxygens (including phenoxy) is 2. The number of amides is 1. The maximum atomic E-state index is 13.0. The number of benzene rings is 2. The SMILES string of the molecule is CCOc1ccc(/C=C2\SC(=S)N([C@H](C)c3ccccc3)C2=O)cc1OC. The molecule has 0 bridgehead atoms. The third-order valence-electron chi connectivity index (χ3n) is 4.28. The largest absolute Gasteiger partial charge is 0.493 e. The van der Waals surface area contributed by atoms with E-state index in [-0.39, 0.29) is 11.9 Å². The number of carbonyl (C=O) groups excluding carboxylic acids is 1.